The van der Waals surface area contributed by atoms with Gasteiger partial charge >= 0.3 is 0 Å². The van der Waals surface area contributed by atoms with Gasteiger partial charge in [0.2, 0.25) is 20.0 Å². The number of nitrogens with one attached hydrogen (secondary N) is 3. The van der Waals surface area contributed by atoms with Gasteiger partial charge in [0.1, 0.15) is 0 Å². The van der Waals surface area contributed by atoms with Crippen molar-refractivity contribution < 1.29 is 21.9 Å². The van der Waals surface area contributed by atoms with Gasteiger partial charge in [0, 0.05) is 19.6 Å². The highest BCUT2D eigenvalue weighted by atomic mass is 32.2. The zero-order chi connectivity index (χ0) is 15.9. The maximum Gasteiger partial charge on any atom is 0.240 e. The highest BCUT2D eigenvalue weighted by Crippen LogP contribution is 2.14. The van der Waals surface area contributed by atoms with Gasteiger partial charge in [-0.05, 0) is 31.3 Å². The molecular formula is C11H19N3O5S2. The third-order valence-corrected chi connectivity index (χ3v) is 5.47. The fourth-order valence-electron chi connectivity index (χ4n) is 1.46. The van der Waals surface area contributed by atoms with Gasteiger partial charge in [0.25, 0.3) is 0 Å². The third-order valence-electron chi connectivity index (χ3n) is 2.52. The Balaban J connectivity index is 2.87. The molecule has 0 atom stereocenters. The second-order valence-electron chi connectivity index (χ2n) is 4.09. The Bertz CT molecular complexity index is 641. The first kappa shape index (κ1) is 18.0. The SMILES string of the molecule is CNCCNS(=O)(=O)c1ccc(S(=O)(=O)NCCO)cc1. The van der Waals surface area contributed by atoms with Gasteiger partial charge < -0.3 is 10.4 Å². The van der Waals surface area contributed by atoms with Crippen molar-refractivity contribution >= 4 is 20.0 Å². The average Bonchev–Trinajstić information content (AvgIpc) is 2.45. The quantitative estimate of drug-likeness (QED) is 0.405. The molecule has 0 unspecified atom stereocenters. The molecule has 0 spiro atoms. The summed E-state index contributed by atoms with van der Waals surface area (Å²) >= 11 is 0. The van der Waals surface area contributed by atoms with Crippen LogP contribution in [0.15, 0.2) is 34.1 Å². The third kappa shape index (κ3) is 5.34. The number of benzene rings is 1. The van der Waals surface area contributed by atoms with Crippen molar-refractivity contribution in [1.29, 1.82) is 0 Å². The van der Waals surface area contributed by atoms with Gasteiger partial charge in [-0.2, -0.15) is 0 Å². The molecule has 0 aliphatic rings. The van der Waals surface area contributed by atoms with Crippen LogP contribution in [0.25, 0.3) is 0 Å². The van der Waals surface area contributed by atoms with Crippen molar-refractivity contribution in [1.82, 2.24) is 14.8 Å². The molecule has 1 aromatic carbocycles. The Kier molecular flexibility index (Phi) is 6.71. The van der Waals surface area contributed by atoms with Crippen LogP contribution >= 0.6 is 0 Å². The Morgan fingerprint density at radius 3 is 1.67 bits per heavy atom. The standard InChI is InChI=1S/C11H19N3O5S2/c1-12-6-7-13-20(16,17)10-2-4-11(5-3-10)21(18,19)14-8-9-15/h2-5,12-15H,6-9H2,1H3. The molecule has 120 valence electrons. The lowest BCUT2D eigenvalue weighted by Gasteiger charge is -2.08. The van der Waals surface area contributed by atoms with Gasteiger partial charge in [-0.3, -0.25) is 0 Å². The molecule has 0 fully saturated rings. The van der Waals surface area contributed by atoms with Gasteiger partial charge in [0.15, 0.2) is 0 Å². The minimum atomic E-state index is -3.74. The van der Waals surface area contributed by atoms with Crippen LogP contribution in [0.3, 0.4) is 0 Å². The molecule has 0 bridgehead atoms. The molecule has 0 saturated carbocycles. The largest absolute Gasteiger partial charge is 0.395 e. The van der Waals surface area contributed by atoms with E-state index in [1.54, 1.807) is 7.05 Å². The molecule has 8 nitrogen and oxygen atoms in total. The van der Waals surface area contributed by atoms with Crippen LogP contribution < -0.4 is 14.8 Å². The molecule has 0 aliphatic heterocycles. The highest BCUT2D eigenvalue weighted by molar-refractivity contribution is 7.90. The number of hydrogen-bond donors (Lipinski definition) is 4. The summed E-state index contributed by atoms with van der Waals surface area (Å²) in [5.74, 6) is 0. The number of aliphatic hydroxyl groups is 1. The molecule has 0 heterocycles. The van der Waals surface area contributed by atoms with Crippen molar-refractivity contribution in [3.05, 3.63) is 24.3 Å². The lowest BCUT2D eigenvalue weighted by Crippen LogP contribution is -2.30. The number of aliphatic hydroxyl groups excluding tert-OH is 1. The molecule has 0 aliphatic carbocycles. The van der Waals surface area contributed by atoms with E-state index in [0.29, 0.717) is 6.54 Å². The first-order valence-corrected chi connectivity index (χ1v) is 9.15. The van der Waals surface area contributed by atoms with Gasteiger partial charge in [-0.15, -0.1) is 0 Å². The summed E-state index contributed by atoms with van der Waals surface area (Å²) in [4.78, 5) is -0.0789. The lowest BCUT2D eigenvalue weighted by molar-refractivity contribution is 0.301. The van der Waals surface area contributed by atoms with Crippen molar-refractivity contribution in [3.63, 3.8) is 0 Å². The minimum absolute atomic E-state index is 0.0142. The number of sulfonamides is 2. The van der Waals surface area contributed by atoms with Crippen molar-refractivity contribution in [3.8, 4) is 0 Å². The van der Waals surface area contributed by atoms with E-state index in [4.69, 9.17) is 5.11 Å². The molecule has 1 aromatic rings. The summed E-state index contributed by atoms with van der Waals surface area (Å²) < 4.78 is 51.9. The molecule has 0 radical (unpaired) electrons. The van der Waals surface area contributed by atoms with E-state index < -0.39 is 20.0 Å². The summed E-state index contributed by atoms with van der Waals surface area (Å²) in [6.07, 6.45) is 0. The second-order valence-corrected chi connectivity index (χ2v) is 7.63. The van der Waals surface area contributed by atoms with Crippen LogP contribution in [0.5, 0.6) is 0 Å². The summed E-state index contributed by atoms with van der Waals surface area (Å²) in [5.41, 5.74) is 0. The average molecular weight is 337 g/mol. The normalized spacial score (nSPS) is 12.5. The molecule has 0 saturated heterocycles. The Hall–Kier alpha value is -1.04. The Morgan fingerprint density at radius 1 is 0.857 bits per heavy atom. The number of likely N-dealkylation sites (N-methyl/N-ethyl adjacent to an activating group) is 1. The molecule has 0 aromatic heterocycles. The van der Waals surface area contributed by atoms with E-state index in [2.05, 4.69) is 14.8 Å². The second kappa shape index (κ2) is 7.82. The lowest BCUT2D eigenvalue weighted by atomic mass is 10.4. The molecular weight excluding hydrogens is 318 g/mol. The van der Waals surface area contributed by atoms with Crippen molar-refractivity contribution in [2.45, 2.75) is 9.79 Å². The fraction of sp³-hybridized carbons (Fsp3) is 0.455. The summed E-state index contributed by atoms with van der Waals surface area (Å²) in [5, 5.41) is 11.4. The minimum Gasteiger partial charge on any atom is -0.395 e. The first-order chi connectivity index (χ1) is 9.83. The van der Waals surface area contributed by atoms with Gasteiger partial charge in [-0.25, -0.2) is 26.3 Å². The van der Waals surface area contributed by atoms with E-state index in [-0.39, 0.29) is 29.5 Å². The van der Waals surface area contributed by atoms with E-state index in [0.717, 1.165) is 0 Å². The number of rotatable bonds is 9. The molecule has 4 N–H and O–H groups in total. The highest BCUT2D eigenvalue weighted by Gasteiger charge is 2.17. The maximum atomic E-state index is 11.9. The van der Waals surface area contributed by atoms with E-state index >= 15 is 0 Å². The monoisotopic (exact) mass is 337 g/mol. The zero-order valence-corrected chi connectivity index (χ0v) is 13.2. The number of hydrogen-bond acceptors (Lipinski definition) is 6. The van der Waals surface area contributed by atoms with Crippen LogP contribution in [0.4, 0.5) is 0 Å². The van der Waals surface area contributed by atoms with Crippen molar-refractivity contribution in [2.24, 2.45) is 0 Å². The van der Waals surface area contributed by atoms with Crippen molar-refractivity contribution in [2.75, 3.05) is 33.3 Å². The predicted octanol–water partition coefficient (Wildman–Crippen LogP) is -1.55. The summed E-state index contributed by atoms with van der Waals surface area (Å²) in [7, 11) is -5.70. The zero-order valence-electron chi connectivity index (χ0n) is 11.5. The summed E-state index contributed by atoms with van der Waals surface area (Å²) in [6.45, 7) is 0.294. The van der Waals surface area contributed by atoms with Crippen LogP contribution in [0, 0.1) is 0 Å². The van der Waals surface area contributed by atoms with E-state index in [9.17, 15) is 16.8 Å². The molecule has 10 heteroatoms. The molecule has 0 amide bonds. The van der Waals surface area contributed by atoms with Gasteiger partial charge in [-0.1, -0.05) is 0 Å². The van der Waals surface area contributed by atoms with E-state index in [1.807, 2.05) is 0 Å². The molecule has 21 heavy (non-hydrogen) atoms. The molecule has 1 rings (SSSR count). The maximum absolute atomic E-state index is 11.9. The van der Waals surface area contributed by atoms with Gasteiger partial charge in [0.05, 0.1) is 16.4 Å². The fourth-order valence-corrected chi connectivity index (χ4v) is 3.51. The Labute approximate surface area is 124 Å². The van der Waals surface area contributed by atoms with E-state index in [1.165, 1.54) is 24.3 Å². The van der Waals surface area contributed by atoms with Crippen LogP contribution in [-0.4, -0.2) is 55.2 Å². The van der Waals surface area contributed by atoms with Crippen LogP contribution in [0.2, 0.25) is 0 Å². The summed E-state index contributed by atoms with van der Waals surface area (Å²) in [6, 6.07) is 4.84. The van der Waals surface area contributed by atoms with Crippen LogP contribution in [-0.2, 0) is 20.0 Å². The predicted molar refractivity (Wildman–Crippen MR) is 77.8 cm³/mol. The smallest absolute Gasteiger partial charge is 0.240 e. The first-order valence-electron chi connectivity index (χ1n) is 6.18. The Morgan fingerprint density at radius 2 is 1.29 bits per heavy atom. The topological polar surface area (TPSA) is 125 Å². The van der Waals surface area contributed by atoms with Crippen LogP contribution in [0.1, 0.15) is 0 Å².